The fourth-order valence-corrected chi connectivity index (χ4v) is 3.50. The molecule has 0 heterocycles. The summed E-state index contributed by atoms with van der Waals surface area (Å²) in [5, 5.41) is 12.9. The van der Waals surface area contributed by atoms with Crippen molar-refractivity contribution >= 4 is 6.09 Å². The van der Waals surface area contributed by atoms with E-state index in [1.165, 1.54) is 11.1 Å². The molecule has 0 radical (unpaired) electrons. The minimum Gasteiger partial charge on any atom is -0.508 e. The smallest absolute Gasteiger partial charge is 0.407 e. The topological polar surface area (TPSA) is 58.6 Å². The summed E-state index contributed by atoms with van der Waals surface area (Å²) in [6.07, 6.45) is 2.20. The number of carbonyl (C=O) groups excluding carboxylic acids is 1. The SMILES string of the molecule is CCOC(=O)NC1CCc2ccc(O)cc2C1Cc1ccccc1. The first-order valence-corrected chi connectivity index (χ1v) is 8.46. The van der Waals surface area contributed by atoms with Crippen molar-refractivity contribution in [3.63, 3.8) is 0 Å². The van der Waals surface area contributed by atoms with Crippen LogP contribution in [-0.4, -0.2) is 23.8 Å². The third-order valence-corrected chi connectivity index (χ3v) is 4.62. The average Bonchev–Trinajstić information content (AvgIpc) is 2.58. The van der Waals surface area contributed by atoms with Crippen LogP contribution in [0.2, 0.25) is 0 Å². The highest BCUT2D eigenvalue weighted by molar-refractivity contribution is 5.68. The molecule has 0 spiro atoms. The Bertz CT molecular complexity index is 699. The number of alkyl carbamates (subject to hydrolysis) is 1. The molecular weight excluding hydrogens is 302 g/mol. The van der Waals surface area contributed by atoms with E-state index in [9.17, 15) is 9.90 Å². The first-order valence-electron chi connectivity index (χ1n) is 8.46. The van der Waals surface area contributed by atoms with Crippen LogP contribution in [0, 0.1) is 0 Å². The molecular formula is C20H23NO3. The van der Waals surface area contributed by atoms with Gasteiger partial charge in [0, 0.05) is 12.0 Å². The number of aromatic hydroxyl groups is 1. The Labute approximate surface area is 142 Å². The van der Waals surface area contributed by atoms with Crippen LogP contribution in [0.5, 0.6) is 5.75 Å². The Hall–Kier alpha value is -2.49. The second-order valence-electron chi connectivity index (χ2n) is 6.19. The molecule has 126 valence electrons. The first-order chi connectivity index (χ1) is 11.7. The summed E-state index contributed by atoms with van der Waals surface area (Å²) in [5.74, 6) is 0.385. The van der Waals surface area contributed by atoms with E-state index in [0.29, 0.717) is 6.61 Å². The first kappa shape index (κ1) is 16.4. The van der Waals surface area contributed by atoms with Crippen LogP contribution >= 0.6 is 0 Å². The Kier molecular flexibility index (Phi) is 5.04. The van der Waals surface area contributed by atoms with Gasteiger partial charge in [0.25, 0.3) is 0 Å². The van der Waals surface area contributed by atoms with Gasteiger partial charge in [-0.2, -0.15) is 0 Å². The number of aryl methyl sites for hydroxylation is 1. The monoisotopic (exact) mass is 325 g/mol. The standard InChI is InChI=1S/C20H23NO3/c1-2-24-20(23)21-19-11-9-15-8-10-16(22)13-17(15)18(19)12-14-6-4-3-5-7-14/h3-8,10,13,18-19,22H,2,9,11-12H2,1H3,(H,21,23). The number of hydrogen-bond acceptors (Lipinski definition) is 3. The quantitative estimate of drug-likeness (QED) is 0.899. The third-order valence-electron chi connectivity index (χ3n) is 4.62. The van der Waals surface area contributed by atoms with E-state index in [4.69, 9.17) is 4.74 Å². The summed E-state index contributed by atoms with van der Waals surface area (Å²) in [6.45, 7) is 2.16. The minimum atomic E-state index is -0.371. The second kappa shape index (κ2) is 7.39. The molecule has 2 aromatic carbocycles. The lowest BCUT2D eigenvalue weighted by molar-refractivity contribution is 0.144. The van der Waals surface area contributed by atoms with Crippen LogP contribution in [-0.2, 0) is 17.6 Å². The Morgan fingerprint density at radius 2 is 2.04 bits per heavy atom. The van der Waals surface area contributed by atoms with Gasteiger partial charge in [0.15, 0.2) is 0 Å². The van der Waals surface area contributed by atoms with Gasteiger partial charge in [-0.3, -0.25) is 0 Å². The molecule has 24 heavy (non-hydrogen) atoms. The minimum absolute atomic E-state index is 0.00134. The lowest BCUT2D eigenvalue weighted by Gasteiger charge is -2.34. The van der Waals surface area contributed by atoms with Crippen LogP contribution in [0.4, 0.5) is 4.79 Å². The zero-order chi connectivity index (χ0) is 16.9. The summed E-state index contributed by atoms with van der Waals surface area (Å²) in [6, 6.07) is 15.8. The van der Waals surface area contributed by atoms with Crippen LogP contribution in [0.1, 0.15) is 36.0 Å². The van der Waals surface area contributed by atoms with Crippen molar-refractivity contribution in [2.45, 2.75) is 38.1 Å². The Morgan fingerprint density at radius 1 is 1.25 bits per heavy atom. The predicted octanol–water partition coefficient (Wildman–Crippen LogP) is 3.78. The summed E-state index contributed by atoms with van der Waals surface area (Å²) in [5.41, 5.74) is 3.58. The number of fused-ring (bicyclic) bond motifs is 1. The predicted molar refractivity (Wildman–Crippen MR) is 93.3 cm³/mol. The molecule has 2 N–H and O–H groups in total. The fraction of sp³-hybridized carbons (Fsp3) is 0.350. The second-order valence-corrected chi connectivity index (χ2v) is 6.19. The highest BCUT2D eigenvalue weighted by Gasteiger charge is 2.31. The molecule has 0 saturated carbocycles. The van der Waals surface area contributed by atoms with Gasteiger partial charge in [-0.1, -0.05) is 36.4 Å². The van der Waals surface area contributed by atoms with Crippen molar-refractivity contribution in [2.75, 3.05) is 6.61 Å². The average molecular weight is 325 g/mol. The largest absolute Gasteiger partial charge is 0.508 e. The molecule has 1 aliphatic carbocycles. The number of benzene rings is 2. The number of hydrogen-bond donors (Lipinski definition) is 2. The zero-order valence-corrected chi connectivity index (χ0v) is 13.9. The van der Waals surface area contributed by atoms with E-state index in [2.05, 4.69) is 17.4 Å². The number of ether oxygens (including phenoxy) is 1. The molecule has 3 rings (SSSR count). The van der Waals surface area contributed by atoms with Gasteiger partial charge in [-0.25, -0.2) is 4.79 Å². The summed E-state index contributed by atoms with van der Waals surface area (Å²) >= 11 is 0. The molecule has 4 heteroatoms. The maximum Gasteiger partial charge on any atom is 0.407 e. The van der Waals surface area contributed by atoms with Crippen molar-refractivity contribution in [2.24, 2.45) is 0 Å². The van der Waals surface area contributed by atoms with Gasteiger partial charge in [0.2, 0.25) is 0 Å². The maximum absolute atomic E-state index is 11.9. The van der Waals surface area contributed by atoms with Gasteiger partial charge in [0.05, 0.1) is 6.61 Å². The molecule has 0 aromatic heterocycles. The number of phenolic OH excluding ortho intramolecular Hbond substituents is 1. The molecule has 4 nitrogen and oxygen atoms in total. The lowest BCUT2D eigenvalue weighted by Crippen LogP contribution is -2.42. The Morgan fingerprint density at radius 3 is 2.79 bits per heavy atom. The van der Waals surface area contributed by atoms with Crippen LogP contribution in [0.15, 0.2) is 48.5 Å². The van der Waals surface area contributed by atoms with E-state index >= 15 is 0 Å². The van der Waals surface area contributed by atoms with Crippen molar-refractivity contribution in [3.05, 3.63) is 65.2 Å². The summed E-state index contributed by atoms with van der Waals surface area (Å²) in [4.78, 5) is 11.9. The van der Waals surface area contributed by atoms with Gasteiger partial charge in [-0.15, -0.1) is 0 Å². The van der Waals surface area contributed by atoms with E-state index < -0.39 is 0 Å². The van der Waals surface area contributed by atoms with Gasteiger partial charge in [-0.05, 0) is 55.0 Å². The lowest BCUT2D eigenvalue weighted by atomic mass is 9.76. The molecule has 1 amide bonds. The van der Waals surface area contributed by atoms with Crippen LogP contribution < -0.4 is 5.32 Å². The molecule has 0 saturated heterocycles. The molecule has 2 aromatic rings. The van der Waals surface area contributed by atoms with Gasteiger partial charge < -0.3 is 15.2 Å². The summed E-state index contributed by atoms with van der Waals surface area (Å²) < 4.78 is 5.06. The molecule has 1 aliphatic rings. The normalized spacial score (nSPS) is 19.4. The van der Waals surface area contributed by atoms with Crippen molar-refractivity contribution in [1.29, 1.82) is 0 Å². The highest BCUT2D eigenvalue weighted by Crippen LogP contribution is 2.36. The van der Waals surface area contributed by atoms with Gasteiger partial charge >= 0.3 is 6.09 Å². The van der Waals surface area contributed by atoms with Gasteiger partial charge in [0.1, 0.15) is 5.75 Å². The van der Waals surface area contributed by atoms with Crippen LogP contribution in [0.3, 0.4) is 0 Å². The number of phenols is 1. The molecule has 0 aliphatic heterocycles. The number of carbonyl (C=O) groups is 1. The summed E-state index contributed by atoms with van der Waals surface area (Å²) in [7, 11) is 0. The van der Waals surface area contributed by atoms with E-state index in [1.807, 2.05) is 30.3 Å². The van der Waals surface area contributed by atoms with E-state index in [1.54, 1.807) is 13.0 Å². The third kappa shape index (κ3) is 3.70. The molecule has 2 unspecified atom stereocenters. The van der Waals surface area contributed by atoms with E-state index in [0.717, 1.165) is 24.8 Å². The number of amides is 1. The number of rotatable bonds is 4. The van der Waals surface area contributed by atoms with Crippen molar-refractivity contribution in [3.8, 4) is 5.75 Å². The van der Waals surface area contributed by atoms with Crippen molar-refractivity contribution in [1.82, 2.24) is 5.32 Å². The Balaban J connectivity index is 1.89. The van der Waals surface area contributed by atoms with Crippen molar-refractivity contribution < 1.29 is 14.6 Å². The highest BCUT2D eigenvalue weighted by atomic mass is 16.5. The molecule has 2 atom stereocenters. The van der Waals surface area contributed by atoms with Crippen LogP contribution in [0.25, 0.3) is 0 Å². The maximum atomic E-state index is 11.9. The zero-order valence-electron chi connectivity index (χ0n) is 13.9. The van der Waals surface area contributed by atoms with E-state index in [-0.39, 0.29) is 23.8 Å². The molecule has 0 bridgehead atoms. The fourth-order valence-electron chi connectivity index (χ4n) is 3.50. The molecule has 0 fully saturated rings. The number of nitrogens with one attached hydrogen (secondary N) is 1.